The molecule has 0 saturated heterocycles. The molecule has 1 aliphatic heterocycles. The Labute approximate surface area is 214 Å². The second kappa shape index (κ2) is 11.2. The molecule has 0 spiro atoms. The fourth-order valence-corrected chi connectivity index (χ4v) is 5.72. The summed E-state index contributed by atoms with van der Waals surface area (Å²) >= 11 is 0. The van der Waals surface area contributed by atoms with Gasteiger partial charge in [-0.3, -0.25) is 9.52 Å². The molecule has 1 aliphatic carbocycles. The molecule has 2 aromatic carbocycles. The molecule has 1 saturated carbocycles. The molecule has 4 rings (SSSR count). The normalized spacial score (nSPS) is 21.7. The number of amides is 1. The second-order valence-corrected chi connectivity index (χ2v) is 12.0. The third-order valence-corrected chi connectivity index (χ3v) is 8.38. The van der Waals surface area contributed by atoms with E-state index in [4.69, 9.17) is 4.74 Å². The van der Waals surface area contributed by atoms with E-state index in [1.807, 2.05) is 6.92 Å². The van der Waals surface area contributed by atoms with Gasteiger partial charge in [0.1, 0.15) is 11.9 Å². The summed E-state index contributed by atoms with van der Waals surface area (Å²) in [4.78, 5) is 17.5. The van der Waals surface area contributed by atoms with Crippen molar-refractivity contribution in [1.29, 1.82) is 0 Å². The molecule has 2 aromatic rings. The number of benzene rings is 2. The standard InChI is InChI=1S/C27H37N3O5S/c1-19-15-30(20(2)18-31)27(32)14-22-13-23(28-36(33,34)24-7-5-4-6-8-24)11-12-25(22)35-26(19)17-29(3)16-21-9-10-21/h4-8,11-13,19-21,26,28,31H,9-10,14-18H2,1-3H3/t19-,20-,26-/m1/s1. The average molecular weight is 516 g/mol. The van der Waals surface area contributed by atoms with Gasteiger partial charge in [0.05, 0.1) is 24.0 Å². The van der Waals surface area contributed by atoms with E-state index in [0.717, 1.165) is 19.0 Å². The molecule has 1 heterocycles. The van der Waals surface area contributed by atoms with Gasteiger partial charge in [0.25, 0.3) is 10.0 Å². The van der Waals surface area contributed by atoms with Crippen LogP contribution in [0.15, 0.2) is 53.4 Å². The van der Waals surface area contributed by atoms with Gasteiger partial charge in [0, 0.05) is 36.8 Å². The number of likely N-dealkylation sites (N-methyl/N-ethyl adjacent to an activating group) is 1. The van der Waals surface area contributed by atoms with E-state index in [2.05, 4.69) is 23.6 Å². The Balaban J connectivity index is 1.63. The van der Waals surface area contributed by atoms with E-state index >= 15 is 0 Å². The number of fused-ring (bicyclic) bond motifs is 1. The number of carbonyl (C=O) groups is 1. The molecule has 2 N–H and O–H groups in total. The Morgan fingerprint density at radius 2 is 1.89 bits per heavy atom. The summed E-state index contributed by atoms with van der Waals surface area (Å²) in [6.07, 6.45) is 2.43. The lowest BCUT2D eigenvalue weighted by Gasteiger charge is -2.34. The number of hydrogen-bond acceptors (Lipinski definition) is 6. The number of aliphatic hydroxyl groups is 1. The van der Waals surface area contributed by atoms with Crippen molar-refractivity contribution in [2.75, 3.05) is 38.0 Å². The predicted octanol–water partition coefficient (Wildman–Crippen LogP) is 2.98. The Hall–Kier alpha value is -2.62. The van der Waals surface area contributed by atoms with Gasteiger partial charge in [0.2, 0.25) is 5.91 Å². The number of sulfonamides is 1. The fourth-order valence-electron chi connectivity index (χ4n) is 4.65. The van der Waals surface area contributed by atoms with Crippen molar-refractivity contribution in [2.24, 2.45) is 11.8 Å². The maximum absolute atomic E-state index is 13.3. The van der Waals surface area contributed by atoms with Crippen LogP contribution in [0.4, 0.5) is 5.69 Å². The van der Waals surface area contributed by atoms with E-state index in [-0.39, 0.29) is 41.9 Å². The molecule has 0 aromatic heterocycles. The molecule has 8 nitrogen and oxygen atoms in total. The van der Waals surface area contributed by atoms with Gasteiger partial charge in [-0.2, -0.15) is 0 Å². The number of hydrogen-bond donors (Lipinski definition) is 2. The van der Waals surface area contributed by atoms with Gasteiger partial charge in [-0.05, 0) is 63.1 Å². The first-order valence-corrected chi connectivity index (χ1v) is 14.1. The van der Waals surface area contributed by atoms with Crippen LogP contribution in [0.2, 0.25) is 0 Å². The summed E-state index contributed by atoms with van der Waals surface area (Å²) in [5, 5.41) is 9.81. The van der Waals surface area contributed by atoms with Gasteiger partial charge >= 0.3 is 0 Å². The predicted molar refractivity (Wildman–Crippen MR) is 139 cm³/mol. The zero-order chi connectivity index (χ0) is 25.9. The fraction of sp³-hybridized carbons (Fsp3) is 0.519. The van der Waals surface area contributed by atoms with E-state index in [1.165, 1.54) is 25.0 Å². The Morgan fingerprint density at radius 3 is 2.56 bits per heavy atom. The Kier molecular flexibility index (Phi) is 8.22. The van der Waals surface area contributed by atoms with Crippen LogP contribution in [0.5, 0.6) is 5.75 Å². The highest BCUT2D eigenvalue weighted by atomic mass is 32.2. The molecule has 196 valence electrons. The lowest BCUT2D eigenvalue weighted by atomic mass is 10.0. The number of nitrogens with zero attached hydrogens (tertiary/aromatic N) is 2. The van der Waals surface area contributed by atoms with Crippen molar-refractivity contribution >= 4 is 21.6 Å². The first-order chi connectivity index (χ1) is 17.2. The molecule has 9 heteroatoms. The SMILES string of the molecule is C[C@@H]1CN([C@H](C)CO)C(=O)Cc2cc(NS(=O)(=O)c3ccccc3)ccc2O[C@@H]1CN(C)CC1CC1. The first kappa shape index (κ1) is 26.4. The molecule has 36 heavy (non-hydrogen) atoms. The summed E-state index contributed by atoms with van der Waals surface area (Å²) in [5.74, 6) is 1.25. The van der Waals surface area contributed by atoms with E-state index in [1.54, 1.807) is 41.3 Å². The van der Waals surface area contributed by atoms with Crippen LogP contribution in [0.25, 0.3) is 0 Å². The van der Waals surface area contributed by atoms with Crippen LogP contribution >= 0.6 is 0 Å². The first-order valence-electron chi connectivity index (χ1n) is 12.6. The summed E-state index contributed by atoms with van der Waals surface area (Å²) in [6, 6.07) is 12.9. The van der Waals surface area contributed by atoms with Crippen molar-refractivity contribution in [3.63, 3.8) is 0 Å². The van der Waals surface area contributed by atoms with Crippen molar-refractivity contribution in [3.05, 3.63) is 54.1 Å². The Morgan fingerprint density at radius 1 is 1.17 bits per heavy atom. The molecule has 0 bridgehead atoms. The largest absolute Gasteiger partial charge is 0.488 e. The van der Waals surface area contributed by atoms with Crippen LogP contribution in [-0.4, -0.2) is 74.7 Å². The molecular weight excluding hydrogens is 478 g/mol. The van der Waals surface area contributed by atoms with Crippen LogP contribution in [-0.2, 0) is 21.2 Å². The Bertz CT molecular complexity index is 1150. The molecule has 3 atom stereocenters. The topological polar surface area (TPSA) is 99.2 Å². The highest BCUT2D eigenvalue weighted by Crippen LogP contribution is 2.32. The van der Waals surface area contributed by atoms with E-state index in [9.17, 15) is 18.3 Å². The monoisotopic (exact) mass is 515 g/mol. The minimum absolute atomic E-state index is 0.0341. The molecule has 0 radical (unpaired) electrons. The number of ether oxygens (including phenoxy) is 1. The van der Waals surface area contributed by atoms with Crippen LogP contribution in [0, 0.1) is 11.8 Å². The van der Waals surface area contributed by atoms with Crippen molar-refractivity contribution < 1.29 is 23.1 Å². The second-order valence-electron chi connectivity index (χ2n) is 10.3. The van der Waals surface area contributed by atoms with Gasteiger partial charge in [-0.25, -0.2) is 8.42 Å². The van der Waals surface area contributed by atoms with E-state index < -0.39 is 10.0 Å². The number of nitrogens with one attached hydrogen (secondary N) is 1. The zero-order valence-corrected chi connectivity index (χ0v) is 22.1. The van der Waals surface area contributed by atoms with Crippen LogP contribution < -0.4 is 9.46 Å². The van der Waals surface area contributed by atoms with Crippen molar-refractivity contribution in [1.82, 2.24) is 9.80 Å². The minimum atomic E-state index is -3.77. The quantitative estimate of drug-likeness (QED) is 0.533. The number of aliphatic hydroxyl groups excluding tert-OH is 1. The molecule has 1 amide bonds. The lowest BCUT2D eigenvalue weighted by molar-refractivity contribution is -0.134. The molecule has 0 unspecified atom stereocenters. The van der Waals surface area contributed by atoms with Gasteiger partial charge in [0.15, 0.2) is 0 Å². The van der Waals surface area contributed by atoms with Crippen LogP contribution in [0.1, 0.15) is 32.3 Å². The van der Waals surface area contributed by atoms with Gasteiger partial charge in [-0.1, -0.05) is 25.1 Å². The number of rotatable bonds is 9. The maximum atomic E-state index is 13.3. The van der Waals surface area contributed by atoms with Gasteiger partial charge < -0.3 is 19.6 Å². The summed E-state index contributed by atoms with van der Waals surface area (Å²) in [6.45, 7) is 6.00. The molecule has 2 aliphatic rings. The summed E-state index contributed by atoms with van der Waals surface area (Å²) < 4.78 is 34.8. The smallest absolute Gasteiger partial charge is 0.261 e. The minimum Gasteiger partial charge on any atom is -0.488 e. The number of carbonyl (C=O) groups excluding carboxylic acids is 1. The third kappa shape index (κ3) is 6.57. The summed E-state index contributed by atoms with van der Waals surface area (Å²) in [5.41, 5.74) is 0.984. The number of anilines is 1. The zero-order valence-electron chi connectivity index (χ0n) is 21.3. The van der Waals surface area contributed by atoms with Crippen LogP contribution in [0.3, 0.4) is 0 Å². The lowest BCUT2D eigenvalue weighted by Crippen LogP contribution is -2.47. The average Bonchev–Trinajstić information content (AvgIpc) is 3.66. The maximum Gasteiger partial charge on any atom is 0.261 e. The van der Waals surface area contributed by atoms with E-state index in [0.29, 0.717) is 23.5 Å². The highest BCUT2D eigenvalue weighted by Gasteiger charge is 2.32. The summed E-state index contributed by atoms with van der Waals surface area (Å²) in [7, 11) is -1.67. The van der Waals surface area contributed by atoms with Crippen molar-refractivity contribution in [3.8, 4) is 5.75 Å². The molecular formula is C27H37N3O5S. The highest BCUT2D eigenvalue weighted by molar-refractivity contribution is 7.92. The van der Waals surface area contributed by atoms with Gasteiger partial charge in [-0.15, -0.1) is 0 Å². The van der Waals surface area contributed by atoms with Crippen molar-refractivity contribution in [2.45, 2.75) is 50.2 Å². The molecule has 1 fully saturated rings. The third-order valence-electron chi connectivity index (χ3n) is 6.98.